The van der Waals surface area contributed by atoms with Crippen molar-refractivity contribution >= 4 is 13.8 Å². The molecule has 0 spiro atoms. The lowest BCUT2D eigenvalue weighted by Crippen LogP contribution is -2.29. The minimum atomic E-state index is -4.52. The molecule has 9 nitrogen and oxygen atoms in total. The number of allylic oxidation sites excluding steroid dienone is 8. The zero-order valence-electron chi connectivity index (χ0n) is 28.1. The SMILES string of the molecule is CC/C=C\C/C=C\C/C=C\CCCCCC(=O)OC(COCCCCCCCC/C=C\CCC)COP(=O)(O)OCC(O)CO. The first-order valence-electron chi connectivity index (χ1n) is 17.1. The molecule has 3 atom stereocenters. The second-order valence-corrected chi connectivity index (χ2v) is 12.6. The zero-order chi connectivity index (χ0) is 33.3. The Balaban J connectivity index is 4.36. The number of hydrogen-bond acceptors (Lipinski definition) is 8. The minimum Gasteiger partial charge on any atom is -0.457 e. The van der Waals surface area contributed by atoms with Gasteiger partial charge in [0.25, 0.3) is 0 Å². The number of rotatable bonds is 32. The topological polar surface area (TPSA) is 132 Å². The van der Waals surface area contributed by atoms with Gasteiger partial charge in [-0.05, 0) is 64.2 Å². The van der Waals surface area contributed by atoms with Gasteiger partial charge in [-0.1, -0.05) is 101 Å². The average Bonchev–Trinajstić information content (AvgIpc) is 3.03. The second-order valence-electron chi connectivity index (χ2n) is 11.1. The highest BCUT2D eigenvalue weighted by Crippen LogP contribution is 2.43. The number of hydrogen-bond donors (Lipinski definition) is 3. The Morgan fingerprint density at radius 1 is 0.711 bits per heavy atom. The van der Waals surface area contributed by atoms with Crippen LogP contribution in [0.5, 0.6) is 0 Å². The molecule has 0 aromatic carbocycles. The molecule has 0 radical (unpaired) electrons. The van der Waals surface area contributed by atoms with Gasteiger partial charge in [0.2, 0.25) is 0 Å². The first kappa shape index (κ1) is 43.4. The Kier molecular flexibility index (Phi) is 31.2. The lowest BCUT2D eigenvalue weighted by atomic mass is 10.1. The largest absolute Gasteiger partial charge is 0.472 e. The monoisotopic (exact) mass is 658 g/mol. The van der Waals surface area contributed by atoms with Crippen LogP contribution in [-0.4, -0.2) is 66.3 Å². The van der Waals surface area contributed by atoms with Crippen molar-refractivity contribution in [1.29, 1.82) is 0 Å². The van der Waals surface area contributed by atoms with Gasteiger partial charge in [-0.25, -0.2) is 4.57 Å². The van der Waals surface area contributed by atoms with Gasteiger partial charge in [0, 0.05) is 13.0 Å². The van der Waals surface area contributed by atoms with Crippen molar-refractivity contribution in [3.05, 3.63) is 48.6 Å². The Bertz CT molecular complexity index is 841. The normalized spacial score (nSPS) is 15.0. The molecular formula is C35H63O9P. The molecule has 0 aliphatic heterocycles. The molecule has 0 rings (SSSR count). The standard InChI is InChI=1S/C35H63O9P/c1-3-5-7-9-11-13-15-16-17-19-21-23-25-27-35(38)44-34(32-43-45(39,40)42-30-33(37)29-36)31-41-28-26-24-22-20-18-14-12-10-8-6-4-2/h5,7-8,10-11,13,16-17,33-34,36-37H,3-4,6,9,12,14-15,18-32H2,1-2H3,(H,39,40)/b7-5-,10-8-,13-11-,17-16-. The smallest absolute Gasteiger partial charge is 0.457 e. The van der Waals surface area contributed by atoms with Gasteiger partial charge in [-0.15, -0.1) is 0 Å². The van der Waals surface area contributed by atoms with E-state index in [1.807, 2.05) is 0 Å². The van der Waals surface area contributed by atoms with Crippen LogP contribution in [0.4, 0.5) is 0 Å². The van der Waals surface area contributed by atoms with Gasteiger partial charge in [0.05, 0.1) is 26.4 Å². The second kappa shape index (κ2) is 32.4. The van der Waals surface area contributed by atoms with Crippen LogP contribution < -0.4 is 0 Å². The Morgan fingerprint density at radius 2 is 1.27 bits per heavy atom. The van der Waals surface area contributed by atoms with E-state index in [2.05, 4.69) is 62.5 Å². The van der Waals surface area contributed by atoms with E-state index >= 15 is 0 Å². The summed E-state index contributed by atoms with van der Waals surface area (Å²) in [4.78, 5) is 22.4. The number of carbonyl (C=O) groups excluding carboxylic acids is 1. The fourth-order valence-electron chi connectivity index (χ4n) is 4.13. The number of esters is 1. The summed E-state index contributed by atoms with van der Waals surface area (Å²) in [6, 6.07) is 0. The van der Waals surface area contributed by atoms with Gasteiger partial charge in [0.1, 0.15) is 12.2 Å². The molecule has 0 saturated carbocycles. The van der Waals surface area contributed by atoms with Crippen LogP contribution in [0.15, 0.2) is 48.6 Å². The first-order valence-corrected chi connectivity index (χ1v) is 18.6. The molecule has 0 aliphatic rings. The lowest BCUT2D eigenvalue weighted by Gasteiger charge is -2.20. The van der Waals surface area contributed by atoms with E-state index in [-0.39, 0.29) is 13.0 Å². The molecule has 3 N–H and O–H groups in total. The molecule has 0 saturated heterocycles. The van der Waals surface area contributed by atoms with Crippen molar-refractivity contribution in [2.45, 2.75) is 135 Å². The van der Waals surface area contributed by atoms with E-state index in [1.165, 1.54) is 25.7 Å². The summed E-state index contributed by atoms with van der Waals surface area (Å²) < 4.78 is 33.1. The maximum atomic E-state index is 12.5. The van der Waals surface area contributed by atoms with Gasteiger partial charge >= 0.3 is 13.8 Å². The fourth-order valence-corrected chi connectivity index (χ4v) is 4.92. The molecule has 3 unspecified atom stereocenters. The van der Waals surface area contributed by atoms with Gasteiger partial charge in [-0.3, -0.25) is 13.8 Å². The molecule has 262 valence electrons. The van der Waals surface area contributed by atoms with Crippen LogP contribution in [0, 0.1) is 0 Å². The number of carbonyl (C=O) groups is 1. The predicted octanol–water partition coefficient (Wildman–Crippen LogP) is 8.30. The molecule has 0 bridgehead atoms. The Labute approximate surface area is 273 Å². The summed E-state index contributed by atoms with van der Waals surface area (Å²) in [5.41, 5.74) is 0. The maximum absolute atomic E-state index is 12.5. The summed E-state index contributed by atoms with van der Waals surface area (Å²) in [5.74, 6) is -0.418. The van der Waals surface area contributed by atoms with E-state index < -0.39 is 45.8 Å². The highest BCUT2D eigenvalue weighted by atomic mass is 31.2. The van der Waals surface area contributed by atoms with Crippen LogP contribution in [0.1, 0.15) is 123 Å². The molecule has 0 fully saturated rings. The van der Waals surface area contributed by atoms with Crippen LogP contribution in [0.3, 0.4) is 0 Å². The molecule has 0 heterocycles. The highest BCUT2D eigenvalue weighted by molar-refractivity contribution is 7.47. The third-order valence-corrected chi connectivity index (χ3v) is 7.68. The van der Waals surface area contributed by atoms with Crippen LogP contribution in [0.2, 0.25) is 0 Å². The van der Waals surface area contributed by atoms with Crippen LogP contribution in [0.25, 0.3) is 0 Å². The Morgan fingerprint density at radius 3 is 1.93 bits per heavy atom. The number of phosphoric ester groups is 1. The minimum absolute atomic E-state index is 0.0310. The molecule has 0 aromatic heterocycles. The third-order valence-electron chi connectivity index (χ3n) is 6.73. The number of phosphoric acid groups is 1. The molecule has 45 heavy (non-hydrogen) atoms. The van der Waals surface area contributed by atoms with Crippen molar-refractivity contribution in [2.75, 3.05) is 33.0 Å². The molecular weight excluding hydrogens is 595 g/mol. The van der Waals surface area contributed by atoms with E-state index in [0.29, 0.717) is 13.0 Å². The number of aliphatic hydroxyl groups excluding tert-OH is 2. The number of aliphatic hydroxyl groups is 2. The number of unbranched alkanes of at least 4 members (excludes halogenated alkanes) is 10. The van der Waals surface area contributed by atoms with E-state index in [1.54, 1.807) is 0 Å². The average molecular weight is 659 g/mol. The predicted molar refractivity (Wildman–Crippen MR) is 182 cm³/mol. The van der Waals surface area contributed by atoms with Crippen molar-refractivity contribution in [3.63, 3.8) is 0 Å². The zero-order valence-corrected chi connectivity index (χ0v) is 29.0. The van der Waals surface area contributed by atoms with E-state index in [9.17, 15) is 19.4 Å². The van der Waals surface area contributed by atoms with Gasteiger partial charge in [0.15, 0.2) is 0 Å². The van der Waals surface area contributed by atoms with Gasteiger partial charge in [-0.2, -0.15) is 0 Å². The lowest BCUT2D eigenvalue weighted by molar-refractivity contribution is -0.154. The highest BCUT2D eigenvalue weighted by Gasteiger charge is 2.26. The molecule has 0 aromatic rings. The third kappa shape index (κ3) is 32.2. The summed E-state index contributed by atoms with van der Waals surface area (Å²) in [7, 11) is -4.52. The summed E-state index contributed by atoms with van der Waals surface area (Å²) >= 11 is 0. The maximum Gasteiger partial charge on any atom is 0.472 e. The molecule has 0 aliphatic carbocycles. The summed E-state index contributed by atoms with van der Waals surface area (Å²) in [5, 5.41) is 18.2. The van der Waals surface area contributed by atoms with Crippen molar-refractivity contribution in [1.82, 2.24) is 0 Å². The fraction of sp³-hybridized carbons (Fsp3) is 0.743. The van der Waals surface area contributed by atoms with Crippen LogP contribution in [-0.2, 0) is 27.9 Å². The van der Waals surface area contributed by atoms with Crippen molar-refractivity contribution in [2.24, 2.45) is 0 Å². The van der Waals surface area contributed by atoms with Crippen molar-refractivity contribution in [3.8, 4) is 0 Å². The van der Waals surface area contributed by atoms with E-state index in [0.717, 1.165) is 70.6 Å². The summed E-state index contributed by atoms with van der Waals surface area (Å²) in [6.07, 6.45) is 32.2. The molecule has 0 amide bonds. The van der Waals surface area contributed by atoms with E-state index in [4.69, 9.17) is 23.6 Å². The number of ether oxygens (including phenoxy) is 2. The quantitative estimate of drug-likeness (QED) is 0.0283. The van der Waals surface area contributed by atoms with Crippen molar-refractivity contribution < 1.29 is 43.0 Å². The summed E-state index contributed by atoms with van der Waals surface area (Å²) in [6.45, 7) is 3.25. The first-order chi connectivity index (χ1) is 21.8. The Hall–Kier alpha value is -1.58. The van der Waals surface area contributed by atoms with Crippen LogP contribution >= 0.6 is 7.82 Å². The molecule has 10 heteroatoms. The van der Waals surface area contributed by atoms with Gasteiger partial charge < -0.3 is 24.6 Å².